The lowest BCUT2D eigenvalue weighted by Crippen LogP contribution is -2.08. The van der Waals surface area contributed by atoms with Gasteiger partial charge in [0.2, 0.25) is 11.8 Å². The smallest absolute Gasteiger partial charge is 0.229 e. The van der Waals surface area contributed by atoms with Crippen LogP contribution in [-0.2, 0) is 11.3 Å². The van der Waals surface area contributed by atoms with Gasteiger partial charge in [0.15, 0.2) is 11.0 Å². The Balaban J connectivity index is 1.88. The van der Waals surface area contributed by atoms with Crippen LogP contribution >= 0.6 is 11.8 Å². The van der Waals surface area contributed by atoms with Crippen molar-refractivity contribution in [3.05, 3.63) is 36.3 Å². The molecule has 0 aliphatic rings. The van der Waals surface area contributed by atoms with Gasteiger partial charge in [0.05, 0.1) is 18.4 Å². The SMILES string of the molecule is COCCn1c(S[C@H](C)c2nnc(C)o2)nnc1-c1ccncc1. The number of nitrogens with zero attached hydrogens (tertiary/aromatic N) is 6. The molecule has 0 saturated heterocycles. The van der Waals surface area contributed by atoms with Gasteiger partial charge in [0.1, 0.15) is 0 Å². The van der Waals surface area contributed by atoms with Gasteiger partial charge in [-0.3, -0.25) is 9.55 Å². The van der Waals surface area contributed by atoms with Crippen molar-refractivity contribution >= 4 is 11.8 Å². The first-order chi connectivity index (χ1) is 11.7. The summed E-state index contributed by atoms with van der Waals surface area (Å²) in [5.74, 6) is 1.91. The lowest BCUT2D eigenvalue weighted by Gasteiger charge is -2.11. The first-order valence-electron chi connectivity index (χ1n) is 7.48. The van der Waals surface area contributed by atoms with Crippen molar-refractivity contribution in [2.75, 3.05) is 13.7 Å². The highest BCUT2D eigenvalue weighted by atomic mass is 32.2. The number of ether oxygens (including phenoxy) is 1. The molecule has 0 saturated carbocycles. The van der Waals surface area contributed by atoms with E-state index in [1.54, 1.807) is 26.4 Å². The quantitative estimate of drug-likeness (QED) is 0.603. The molecule has 3 aromatic heterocycles. The molecule has 0 radical (unpaired) electrons. The van der Waals surface area contributed by atoms with Crippen LogP contribution < -0.4 is 0 Å². The van der Waals surface area contributed by atoms with Crippen molar-refractivity contribution in [3.63, 3.8) is 0 Å². The Bertz CT molecular complexity index is 788. The highest BCUT2D eigenvalue weighted by molar-refractivity contribution is 7.99. The Morgan fingerprint density at radius 2 is 2.00 bits per heavy atom. The summed E-state index contributed by atoms with van der Waals surface area (Å²) >= 11 is 1.52. The van der Waals surface area contributed by atoms with E-state index in [4.69, 9.17) is 9.15 Å². The molecule has 0 aliphatic heterocycles. The van der Waals surface area contributed by atoms with Crippen LogP contribution in [0.2, 0.25) is 0 Å². The lowest BCUT2D eigenvalue weighted by atomic mass is 10.2. The van der Waals surface area contributed by atoms with E-state index >= 15 is 0 Å². The first-order valence-corrected chi connectivity index (χ1v) is 8.36. The second-order valence-electron chi connectivity index (χ2n) is 5.11. The van der Waals surface area contributed by atoms with E-state index < -0.39 is 0 Å². The number of hydrogen-bond donors (Lipinski definition) is 0. The summed E-state index contributed by atoms with van der Waals surface area (Å²) in [6.07, 6.45) is 3.47. The van der Waals surface area contributed by atoms with Crippen LogP contribution in [0, 0.1) is 6.92 Å². The third-order valence-electron chi connectivity index (χ3n) is 3.35. The molecule has 0 aromatic carbocycles. The summed E-state index contributed by atoms with van der Waals surface area (Å²) in [6.45, 7) is 4.99. The van der Waals surface area contributed by atoms with Crippen molar-refractivity contribution in [1.29, 1.82) is 0 Å². The number of rotatable bonds is 7. The topological polar surface area (TPSA) is 91.8 Å². The molecule has 0 unspecified atom stereocenters. The van der Waals surface area contributed by atoms with Gasteiger partial charge in [-0.25, -0.2) is 0 Å². The average Bonchev–Trinajstić information content (AvgIpc) is 3.20. The molecule has 0 bridgehead atoms. The number of thioether (sulfide) groups is 1. The Morgan fingerprint density at radius 3 is 2.67 bits per heavy atom. The minimum absolute atomic E-state index is 0.0259. The molecule has 0 spiro atoms. The van der Waals surface area contributed by atoms with Gasteiger partial charge in [-0.05, 0) is 19.1 Å². The van der Waals surface area contributed by atoms with Gasteiger partial charge in [-0.1, -0.05) is 11.8 Å². The van der Waals surface area contributed by atoms with Crippen LogP contribution in [0.25, 0.3) is 11.4 Å². The van der Waals surface area contributed by atoms with Crippen LogP contribution in [0.1, 0.15) is 24.0 Å². The monoisotopic (exact) mass is 346 g/mol. The summed E-state index contributed by atoms with van der Waals surface area (Å²) in [6, 6.07) is 3.82. The Morgan fingerprint density at radius 1 is 1.21 bits per heavy atom. The molecule has 0 fully saturated rings. The van der Waals surface area contributed by atoms with E-state index in [9.17, 15) is 0 Å². The van der Waals surface area contributed by atoms with E-state index in [0.717, 1.165) is 16.5 Å². The molecule has 1 atom stereocenters. The fourth-order valence-corrected chi connectivity index (χ4v) is 3.06. The standard InChI is InChI=1S/C15H18N6O2S/c1-10(14-19-17-11(2)23-14)24-15-20-18-13(21(15)8-9-22-3)12-4-6-16-7-5-12/h4-7,10H,8-9H2,1-3H3/t10-/m1/s1. The summed E-state index contributed by atoms with van der Waals surface area (Å²) in [4.78, 5) is 4.04. The molecule has 0 N–H and O–H groups in total. The van der Waals surface area contributed by atoms with E-state index in [0.29, 0.717) is 24.9 Å². The summed E-state index contributed by atoms with van der Waals surface area (Å²) < 4.78 is 12.7. The van der Waals surface area contributed by atoms with Gasteiger partial charge >= 0.3 is 0 Å². The van der Waals surface area contributed by atoms with E-state index in [1.807, 2.05) is 23.6 Å². The molecule has 24 heavy (non-hydrogen) atoms. The van der Waals surface area contributed by atoms with Crippen molar-refractivity contribution in [2.24, 2.45) is 0 Å². The first kappa shape index (κ1) is 16.6. The van der Waals surface area contributed by atoms with Crippen LogP contribution in [0.15, 0.2) is 34.1 Å². The van der Waals surface area contributed by atoms with Crippen molar-refractivity contribution in [3.8, 4) is 11.4 Å². The van der Waals surface area contributed by atoms with Gasteiger partial charge in [0.25, 0.3) is 0 Å². The normalized spacial score (nSPS) is 12.5. The molecule has 3 aromatic rings. The minimum atomic E-state index is -0.0259. The van der Waals surface area contributed by atoms with Gasteiger partial charge < -0.3 is 9.15 Å². The number of hydrogen-bond acceptors (Lipinski definition) is 8. The third kappa shape index (κ3) is 3.62. The molecule has 3 heterocycles. The van der Waals surface area contributed by atoms with Gasteiger partial charge in [-0.15, -0.1) is 20.4 Å². The molecule has 0 amide bonds. The Kier molecular flexibility index (Phi) is 5.21. The second kappa shape index (κ2) is 7.54. The van der Waals surface area contributed by atoms with Crippen molar-refractivity contribution in [1.82, 2.24) is 29.9 Å². The zero-order chi connectivity index (χ0) is 16.9. The largest absolute Gasteiger partial charge is 0.424 e. The minimum Gasteiger partial charge on any atom is -0.424 e. The predicted molar refractivity (Wildman–Crippen MR) is 88.4 cm³/mol. The Hall–Kier alpha value is -2.26. The van der Waals surface area contributed by atoms with Crippen molar-refractivity contribution < 1.29 is 9.15 Å². The zero-order valence-electron chi connectivity index (χ0n) is 13.7. The number of methoxy groups -OCH3 is 1. The number of aryl methyl sites for hydroxylation is 1. The van der Waals surface area contributed by atoms with E-state index in [1.165, 1.54) is 11.8 Å². The highest BCUT2D eigenvalue weighted by Crippen LogP contribution is 2.34. The fraction of sp³-hybridized carbons (Fsp3) is 0.400. The maximum absolute atomic E-state index is 5.50. The molecule has 8 nitrogen and oxygen atoms in total. The van der Waals surface area contributed by atoms with Crippen LogP contribution in [0.5, 0.6) is 0 Å². The average molecular weight is 346 g/mol. The van der Waals surface area contributed by atoms with Crippen LogP contribution in [0.4, 0.5) is 0 Å². The molecule has 9 heteroatoms. The molecule has 3 rings (SSSR count). The highest BCUT2D eigenvalue weighted by Gasteiger charge is 2.20. The summed E-state index contributed by atoms with van der Waals surface area (Å²) in [5.41, 5.74) is 0.960. The summed E-state index contributed by atoms with van der Waals surface area (Å²) in [7, 11) is 1.67. The van der Waals surface area contributed by atoms with Gasteiger partial charge in [0, 0.05) is 32.0 Å². The van der Waals surface area contributed by atoms with Crippen LogP contribution in [-0.4, -0.2) is 43.7 Å². The molecular formula is C15H18N6O2S. The second-order valence-corrected chi connectivity index (χ2v) is 6.41. The maximum Gasteiger partial charge on any atom is 0.229 e. The Labute approximate surface area is 143 Å². The number of aromatic nitrogens is 6. The van der Waals surface area contributed by atoms with Crippen LogP contribution in [0.3, 0.4) is 0 Å². The van der Waals surface area contributed by atoms with Gasteiger partial charge in [-0.2, -0.15) is 0 Å². The van der Waals surface area contributed by atoms with E-state index in [2.05, 4.69) is 25.4 Å². The third-order valence-corrected chi connectivity index (χ3v) is 4.41. The summed E-state index contributed by atoms with van der Waals surface area (Å²) in [5, 5.41) is 17.4. The fourth-order valence-electron chi connectivity index (χ4n) is 2.16. The number of pyridine rings is 1. The predicted octanol–water partition coefficient (Wildman–Crippen LogP) is 2.53. The van der Waals surface area contributed by atoms with Crippen molar-refractivity contribution in [2.45, 2.75) is 30.8 Å². The maximum atomic E-state index is 5.50. The zero-order valence-corrected chi connectivity index (χ0v) is 14.5. The lowest BCUT2D eigenvalue weighted by molar-refractivity contribution is 0.185. The van der Waals surface area contributed by atoms with E-state index in [-0.39, 0.29) is 5.25 Å². The molecule has 0 aliphatic carbocycles. The molecular weight excluding hydrogens is 328 g/mol. The molecule has 126 valence electrons.